The molecular weight excluding hydrogens is 314 g/mol. The molecule has 25 heavy (non-hydrogen) atoms. The molecule has 0 heterocycles. The van der Waals surface area contributed by atoms with E-state index >= 15 is 0 Å². The summed E-state index contributed by atoms with van der Waals surface area (Å²) < 4.78 is 0. The van der Waals surface area contributed by atoms with Crippen molar-refractivity contribution >= 4 is 28.9 Å². The minimum Gasteiger partial charge on any atom is -0.376 e. The zero-order chi connectivity index (χ0) is 18.2. The summed E-state index contributed by atoms with van der Waals surface area (Å²) in [6.45, 7) is 5.81. The van der Waals surface area contributed by atoms with Crippen molar-refractivity contribution in [1.82, 2.24) is 0 Å². The number of rotatable bonds is 7. The lowest BCUT2D eigenvalue weighted by atomic mass is 10.0. The van der Waals surface area contributed by atoms with Crippen LogP contribution in [-0.2, 0) is 22.4 Å². The van der Waals surface area contributed by atoms with Crippen molar-refractivity contribution in [3.05, 3.63) is 53.6 Å². The Labute approximate surface area is 148 Å². The Kier molecular flexibility index (Phi) is 6.57. The Morgan fingerprint density at radius 3 is 1.92 bits per heavy atom. The molecule has 0 saturated carbocycles. The van der Waals surface area contributed by atoms with E-state index in [4.69, 9.17) is 0 Å². The standard InChI is InChI=1S/C20H25N3O2/c1-4-15-7-6-8-16(5-2)20(15)23-19(25)13-21-17-9-11-18(12-10-17)22-14(3)24/h6-12,21H,4-5,13H2,1-3H3,(H,22,24)(H,23,25). The highest BCUT2D eigenvalue weighted by Crippen LogP contribution is 2.22. The molecule has 3 N–H and O–H groups in total. The van der Waals surface area contributed by atoms with Gasteiger partial charge in [-0.15, -0.1) is 0 Å². The molecule has 2 rings (SSSR count). The van der Waals surface area contributed by atoms with Crippen LogP contribution in [0.1, 0.15) is 31.9 Å². The lowest BCUT2D eigenvalue weighted by Gasteiger charge is -2.15. The highest BCUT2D eigenvalue weighted by Gasteiger charge is 2.10. The third-order valence-corrected chi connectivity index (χ3v) is 3.92. The second-order valence-corrected chi connectivity index (χ2v) is 5.82. The Morgan fingerprint density at radius 1 is 0.840 bits per heavy atom. The number of anilines is 3. The van der Waals surface area contributed by atoms with E-state index in [2.05, 4.69) is 29.8 Å². The maximum atomic E-state index is 12.3. The third-order valence-electron chi connectivity index (χ3n) is 3.92. The summed E-state index contributed by atoms with van der Waals surface area (Å²) in [6, 6.07) is 13.4. The fourth-order valence-corrected chi connectivity index (χ4v) is 2.64. The van der Waals surface area contributed by atoms with E-state index in [1.54, 1.807) is 12.1 Å². The minimum atomic E-state index is -0.110. The van der Waals surface area contributed by atoms with Crippen LogP contribution < -0.4 is 16.0 Å². The van der Waals surface area contributed by atoms with E-state index in [9.17, 15) is 9.59 Å². The first-order valence-corrected chi connectivity index (χ1v) is 8.55. The molecule has 2 aromatic carbocycles. The number of carbonyl (C=O) groups is 2. The van der Waals surface area contributed by atoms with Gasteiger partial charge in [-0.2, -0.15) is 0 Å². The molecule has 0 saturated heterocycles. The van der Waals surface area contributed by atoms with Crippen LogP contribution in [0.2, 0.25) is 0 Å². The summed E-state index contributed by atoms with van der Waals surface area (Å²) in [4.78, 5) is 23.3. The molecule has 0 fully saturated rings. The van der Waals surface area contributed by atoms with Gasteiger partial charge in [0.15, 0.2) is 0 Å². The molecule has 2 amide bonds. The van der Waals surface area contributed by atoms with Gasteiger partial charge >= 0.3 is 0 Å². The highest BCUT2D eigenvalue weighted by atomic mass is 16.2. The molecule has 0 aliphatic carbocycles. The van der Waals surface area contributed by atoms with Crippen LogP contribution in [-0.4, -0.2) is 18.4 Å². The molecule has 0 bridgehead atoms. The van der Waals surface area contributed by atoms with E-state index in [0.717, 1.165) is 41.0 Å². The third kappa shape index (κ3) is 5.35. The topological polar surface area (TPSA) is 70.2 Å². The van der Waals surface area contributed by atoms with Crippen molar-refractivity contribution in [2.24, 2.45) is 0 Å². The molecule has 0 aliphatic rings. The van der Waals surface area contributed by atoms with Crippen LogP contribution in [0.25, 0.3) is 0 Å². The van der Waals surface area contributed by atoms with E-state index in [-0.39, 0.29) is 18.4 Å². The average molecular weight is 339 g/mol. The Bertz CT molecular complexity index is 717. The first kappa shape index (κ1) is 18.5. The summed E-state index contributed by atoms with van der Waals surface area (Å²) in [5.74, 6) is -0.192. The Morgan fingerprint density at radius 2 is 1.40 bits per heavy atom. The summed E-state index contributed by atoms with van der Waals surface area (Å²) in [5, 5.41) is 8.83. The van der Waals surface area contributed by atoms with Gasteiger partial charge in [0.1, 0.15) is 0 Å². The zero-order valence-corrected chi connectivity index (χ0v) is 15.0. The SMILES string of the molecule is CCc1cccc(CC)c1NC(=O)CNc1ccc(NC(C)=O)cc1. The van der Waals surface area contributed by atoms with Crippen molar-refractivity contribution < 1.29 is 9.59 Å². The second kappa shape index (κ2) is 8.87. The van der Waals surface area contributed by atoms with E-state index in [1.165, 1.54) is 6.92 Å². The molecule has 0 unspecified atom stereocenters. The summed E-state index contributed by atoms with van der Waals surface area (Å²) in [5.41, 5.74) is 4.77. The number of amides is 2. The summed E-state index contributed by atoms with van der Waals surface area (Å²) >= 11 is 0. The Hall–Kier alpha value is -2.82. The van der Waals surface area contributed by atoms with Gasteiger partial charge in [0.05, 0.1) is 6.54 Å². The van der Waals surface area contributed by atoms with E-state index < -0.39 is 0 Å². The molecule has 5 nitrogen and oxygen atoms in total. The molecule has 0 spiro atoms. The number of aryl methyl sites for hydroxylation is 2. The van der Waals surface area contributed by atoms with Crippen LogP contribution >= 0.6 is 0 Å². The fraction of sp³-hybridized carbons (Fsp3) is 0.300. The van der Waals surface area contributed by atoms with Crippen molar-refractivity contribution in [2.75, 3.05) is 22.5 Å². The molecule has 0 aliphatic heterocycles. The monoisotopic (exact) mass is 339 g/mol. The number of nitrogens with one attached hydrogen (secondary N) is 3. The number of hydrogen-bond acceptors (Lipinski definition) is 3. The summed E-state index contributed by atoms with van der Waals surface area (Å²) in [7, 11) is 0. The highest BCUT2D eigenvalue weighted by molar-refractivity contribution is 5.95. The van der Waals surface area contributed by atoms with Gasteiger partial charge < -0.3 is 16.0 Å². The molecule has 0 aromatic heterocycles. The van der Waals surface area contributed by atoms with Gasteiger partial charge in [-0.3, -0.25) is 9.59 Å². The van der Waals surface area contributed by atoms with Crippen LogP contribution in [0.4, 0.5) is 17.1 Å². The smallest absolute Gasteiger partial charge is 0.243 e. The first-order valence-electron chi connectivity index (χ1n) is 8.55. The normalized spacial score (nSPS) is 10.2. The quantitative estimate of drug-likeness (QED) is 0.718. The lowest BCUT2D eigenvalue weighted by Crippen LogP contribution is -2.23. The van der Waals surface area contributed by atoms with Crippen molar-refractivity contribution in [3.8, 4) is 0 Å². The van der Waals surface area contributed by atoms with Crippen LogP contribution in [0.15, 0.2) is 42.5 Å². The van der Waals surface area contributed by atoms with Crippen LogP contribution in [0.5, 0.6) is 0 Å². The van der Waals surface area contributed by atoms with E-state index in [0.29, 0.717) is 0 Å². The van der Waals surface area contributed by atoms with Crippen molar-refractivity contribution in [2.45, 2.75) is 33.6 Å². The van der Waals surface area contributed by atoms with Gasteiger partial charge in [0, 0.05) is 24.0 Å². The molecule has 5 heteroatoms. The van der Waals surface area contributed by atoms with Gasteiger partial charge in [0.25, 0.3) is 0 Å². The number of para-hydroxylation sites is 1. The maximum absolute atomic E-state index is 12.3. The van der Waals surface area contributed by atoms with Crippen molar-refractivity contribution in [3.63, 3.8) is 0 Å². The predicted octanol–water partition coefficient (Wildman–Crippen LogP) is 3.82. The van der Waals surface area contributed by atoms with E-state index in [1.807, 2.05) is 30.3 Å². The number of hydrogen-bond donors (Lipinski definition) is 3. The summed E-state index contributed by atoms with van der Waals surface area (Å²) in [6.07, 6.45) is 1.75. The van der Waals surface area contributed by atoms with Crippen LogP contribution in [0.3, 0.4) is 0 Å². The average Bonchev–Trinajstić information content (AvgIpc) is 2.60. The molecular formula is C20H25N3O2. The lowest BCUT2D eigenvalue weighted by molar-refractivity contribution is -0.115. The zero-order valence-electron chi connectivity index (χ0n) is 15.0. The molecule has 0 atom stereocenters. The largest absolute Gasteiger partial charge is 0.376 e. The molecule has 132 valence electrons. The molecule has 0 radical (unpaired) electrons. The van der Waals surface area contributed by atoms with Gasteiger partial charge in [0.2, 0.25) is 11.8 Å². The maximum Gasteiger partial charge on any atom is 0.243 e. The van der Waals surface area contributed by atoms with Crippen molar-refractivity contribution in [1.29, 1.82) is 0 Å². The van der Waals surface area contributed by atoms with Gasteiger partial charge in [-0.25, -0.2) is 0 Å². The number of carbonyl (C=O) groups excluding carboxylic acids is 2. The molecule has 2 aromatic rings. The first-order chi connectivity index (χ1) is 12.0. The fourth-order valence-electron chi connectivity index (χ4n) is 2.64. The minimum absolute atomic E-state index is 0.0819. The predicted molar refractivity (Wildman–Crippen MR) is 103 cm³/mol. The second-order valence-electron chi connectivity index (χ2n) is 5.82. The van der Waals surface area contributed by atoms with Gasteiger partial charge in [-0.05, 0) is 48.2 Å². The Balaban J connectivity index is 1.96. The number of benzene rings is 2. The van der Waals surface area contributed by atoms with Gasteiger partial charge in [-0.1, -0.05) is 32.0 Å². The van der Waals surface area contributed by atoms with Crippen LogP contribution in [0, 0.1) is 0 Å².